The van der Waals surface area contributed by atoms with Gasteiger partial charge in [-0.1, -0.05) is 29.8 Å². The Morgan fingerprint density at radius 2 is 2.05 bits per heavy atom. The van der Waals surface area contributed by atoms with Crippen LogP contribution in [0.1, 0.15) is 5.56 Å². The molecule has 0 aliphatic heterocycles. The monoisotopic (exact) mass is 302 g/mol. The molecule has 0 spiro atoms. The van der Waals surface area contributed by atoms with Crippen LogP contribution < -0.4 is 5.56 Å². The zero-order chi connectivity index (χ0) is 15.0. The summed E-state index contributed by atoms with van der Waals surface area (Å²) in [4.78, 5) is 18.9. The number of benzene rings is 1. The lowest BCUT2D eigenvalue weighted by molar-refractivity contribution is 0.452. The van der Waals surface area contributed by atoms with Crippen molar-refractivity contribution in [2.75, 3.05) is 0 Å². The molecular weight excluding hydrogens is 292 g/mol. The summed E-state index contributed by atoms with van der Waals surface area (Å²) < 4.78 is 5.26. The fourth-order valence-electron chi connectivity index (χ4n) is 2.09. The van der Waals surface area contributed by atoms with Crippen LogP contribution in [0.25, 0.3) is 22.7 Å². The van der Waals surface area contributed by atoms with E-state index in [0.29, 0.717) is 16.3 Å². The molecule has 0 unspecified atom stereocenters. The average molecular weight is 303 g/mol. The van der Waals surface area contributed by atoms with Crippen LogP contribution in [0, 0.1) is 6.92 Å². The lowest BCUT2D eigenvalue weighted by atomic mass is 10.1. The van der Waals surface area contributed by atoms with Crippen LogP contribution in [0.2, 0.25) is 5.02 Å². The molecule has 2 heterocycles. The van der Waals surface area contributed by atoms with Gasteiger partial charge in [-0.15, -0.1) is 0 Å². The smallest absolute Gasteiger partial charge is 0.263 e. The molecule has 0 saturated carbocycles. The van der Waals surface area contributed by atoms with Crippen LogP contribution in [-0.2, 0) is 0 Å². The lowest BCUT2D eigenvalue weighted by Gasteiger charge is -2.07. The van der Waals surface area contributed by atoms with Gasteiger partial charge in [-0.3, -0.25) is 4.79 Å². The summed E-state index contributed by atoms with van der Waals surface area (Å²) >= 11 is 6.06. The largest absolute Gasteiger partial charge is 0.493 e. The minimum Gasteiger partial charge on any atom is -0.493 e. The highest BCUT2D eigenvalue weighted by atomic mass is 35.5. The summed E-state index contributed by atoms with van der Waals surface area (Å²) in [6, 6.07) is 8.50. The second-order valence-corrected chi connectivity index (χ2v) is 4.93. The first kappa shape index (κ1) is 13.5. The number of H-pyrrole nitrogens is 1. The van der Waals surface area contributed by atoms with Gasteiger partial charge in [-0.05, 0) is 24.6 Å². The molecule has 0 radical (unpaired) electrons. The second kappa shape index (κ2) is 5.10. The van der Waals surface area contributed by atoms with Crippen LogP contribution in [0.15, 0.2) is 45.8 Å². The molecule has 106 valence electrons. The van der Waals surface area contributed by atoms with E-state index in [1.54, 1.807) is 30.3 Å². The molecule has 1 aromatic carbocycles. The normalized spacial score (nSPS) is 10.8. The van der Waals surface area contributed by atoms with E-state index in [2.05, 4.69) is 9.97 Å². The van der Waals surface area contributed by atoms with Gasteiger partial charge in [0.2, 0.25) is 5.88 Å². The standard InChI is InChI=1S/C15H11ClN2O3/c1-8-6-7-21-12(8)13-17-14(19)11(15(20)18-13)9-4-2-3-5-10(9)16/h2-7H,1H3,(H2,17,18,19,20). The highest BCUT2D eigenvalue weighted by Gasteiger charge is 2.17. The molecule has 0 atom stereocenters. The van der Waals surface area contributed by atoms with E-state index >= 15 is 0 Å². The predicted molar refractivity (Wildman–Crippen MR) is 79.4 cm³/mol. The number of aromatic amines is 1. The van der Waals surface area contributed by atoms with E-state index in [1.807, 2.05) is 6.92 Å². The van der Waals surface area contributed by atoms with Crippen molar-refractivity contribution in [3.63, 3.8) is 0 Å². The first-order valence-electron chi connectivity index (χ1n) is 6.20. The predicted octanol–water partition coefficient (Wildman–Crippen LogP) is 3.36. The van der Waals surface area contributed by atoms with E-state index in [0.717, 1.165) is 5.56 Å². The number of aryl methyl sites for hydroxylation is 1. The Morgan fingerprint density at radius 1 is 1.29 bits per heavy atom. The number of hydrogen-bond acceptors (Lipinski definition) is 4. The van der Waals surface area contributed by atoms with Crippen LogP contribution in [0.3, 0.4) is 0 Å². The van der Waals surface area contributed by atoms with Crippen molar-refractivity contribution in [1.82, 2.24) is 9.97 Å². The SMILES string of the molecule is Cc1ccoc1-c1nc(O)c(-c2ccccc2Cl)c(=O)[nH]1. The molecule has 21 heavy (non-hydrogen) atoms. The third kappa shape index (κ3) is 2.32. The number of nitrogens with one attached hydrogen (secondary N) is 1. The maximum absolute atomic E-state index is 12.3. The fourth-order valence-corrected chi connectivity index (χ4v) is 2.32. The van der Waals surface area contributed by atoms with Crippen molar-refractivity contribution in [3.8, 4) is 28.6 Å². The van der Waals surface area contributed by atoms with E-state index < -0.39 is 11.4 Å². The Bertz CT molecular complexity index is 867. The molecule has 5 nitrogen and oxygen atoms in total. The fraction of sp³-hybridized carbons (Fsp3) is 0.0667. The molecular formula is C15H11ClN2O3. The average Bonchev–Trinajstić information content (AvgIpc) is 2.86. The highest BCUT2D eigenvalue weighted by molar-refractivity contribution is 6.33. The Morgan fingerprint density at radius 3 is 2.67 bits per heavy atom. The molecule has 3 aromatic rings. The number of furan rings is 1. The van der Waals surface area contributed by atoms with Crippen molar-refractivity contribution in [1.29, 1.82) is 0 Å². The molecule has 0 saturated heterocycles. The zero-order valence-corrected chi connectivity index (χ0v) is 11.8. The topological polar surface area (TPSA) is 79.1 Å². The minimum absolute atomic E-state index is 0.0357. The summed E-state index contributed by atoms with van der Waals surface area (Å²) in [7, 11) is 0. The Hall–Kier alpha value is -2.53. The number of aromatic nitrogens is 2. The molecule has 0 aliphatic rings. The minimum atomic E-state index is -0.485. The molecule has 6 heteroatoms. The lowest BCUT2D eigenvalue weighted by Crippen LogP contribution is -2.12. The van der Waals surface area contributed by atoms with E-state index in [-0.39, 0.29) is 11.4 Å². The summed E-state index contributed by atoms with van der Waals surface area (Å²) in [5, 5.41) is 10.5. The Labute approximate surface area is 124 Å². The van der Waals surface area contributed by atoms with Gasteiger partial charge in [0.25, 0.3) is 5.56 Å². The maximum Gasteiger partial charge on any atom is 0.263 e. The van der Waals surface area contributed by atoms with E-state index in [1.165, 1.54) is 6.26 Å². The third-order valence-electron chi connectivity index (χ3n) is 3.12. The van der Waals surface area contributed by atoms with Gasteiger partial charge in [-0.25, -0.2) is 0 Å². The third-order valence-corrected chi connectivity index (χ3v) is 3.45. The first-order valence-corrected chi connectivity index (χ1v) is 6.58. The van der Waals surface area contributed by atoms with Crippen LogP contribution >= 0.6 is 11.6 Å². The van der Waals surface area contributed by atoms with Gasteiger partial charge < -0.3 is 14.5 Å². The number of hydrogen-bond donors (Lipinski definition) is 2. The van der Waals surface area contributed by atoms with Crippen molar-refractivity contribution in [2.45, 2.75) is 6.92 Å². The summed E-state index contributed by atoms with van der Waals surface area (Å²) in [6.45, 7) is 1.82. The van der Waals surface area contributed by atoms with E-state index in [4.69, 9.17) is 16.0 Å². The van der Waals surface area contributed by atoms with Crippen LogP contribution in [0.4, 0.5) is 0 Å². The van der Waals surface area contributed by atoms with Crippen molar-refractivity contribution < 1.29 is 9.52 Å². The molecule has 2 aromatic heterocycles. The van der Waals surface area contributed by atoms with Crippen molar-refractivity contribution in [2.24, 2.45) is 0 Å². The molecule has 2 N–H and O–H groups in total. The Balaban J connectivity index is 2.21. The van der Waals surface area contributed by atoms with Gasteiger partial charge >= 0.3 is 0 Å². The van der Waals surface area contributed by atoms with Gasteiger partial charge in [0, 0.05) is 10.6 Å². The quantitative estimate of drug-likeness (QED) is 0.760. The molecule has 0 bridgehead atoms. The van der Waals surface area contributed by atoms with Crippen LogP contribution in [0.5, 0.6) is 5.88 Å². The van der Waals surface area contributed by atoms with E-state index in [9.17, 15) is 9.90 Å². The van der Waals surface area contributed by atoms with Crippen LogP contribution in [-0.4, -0.2) is 15.1 Å². The zero-order valence-electron chi connectivity index (χ0n) is 11.1. The maximum atomic E-state index is 12.3. The van der Waals surface area contributed by atoms with Gasteiger partial charge in [-0.2, -0.15) is 4.98 Å². The Kier molecular flexibility index (Phi) is 3.27. The summed E-state index contributed by atoms with van der Waals surface area (Å²) in [5.41, 5.74) is 0.783. The highest BCUT2D eigenvalue weighted by Crippen LogP contribution is 2.31. The summed E-state index contributed by atoms with van der Waals surface area (Å²) in [5.74, 6) is 0.196. The van der Waals surface area contributed by atoms with Crippen molar-refractivity contribution >= 4 is 11.6 Å². The van der Waals surface area contributed by atoms with Gasteiger partial charge in [0.1, 0.15) is 5.56 Å². The number of rotatable bonds is 2. The number of halogens is 1. The molecule has 0 amide bonds. The first-order chi connectivity index (χ1) is 10.1. The summed E-state index contributed by atoms with van der Waals surface area (Å²) in [6.07, 6.45) is 1.49. The molecule has 3 rings (SSSR count). The molecule has 0 fully saturated rings. The number of aromatic hydroxyl groups is 1. The number of nitrogens with zero attached hydrogens (tertiary/aromatic N) is 1. The van der Waals surface area contributed by atoms with Crippen molar-refractivity contribution in [3.05, 3.63) is 57.5 Å². The molecule has 0 aliphatic carbocycles. The van der Waals surface area contributed by atoms with Gasteiger partial charge in [0.15, 0.2) is 11.6 Å². The van der Waals surface area contributed by atoms with Gasteiger partial charge in [0.05, 0.1) is 6.26 Å². The second-order valence-electron chi connectivity index (χ2n) is 4.53.